The van der Waals surface area contributed by atoms with Crippen LogP contribution in [0.2, 0.25) is 0 Å². The molecule has 0 bridgehead atoms. The highest BCUT2D eigenvalue weighted by molar-refractivity contribution is 6.07. The van der Waals surface area contributed by atoms with E-state index >= 15 is 0 Å². The molecule has 0 spiro atoms. The molecule has 8 nitrogen and oxygen atoms in total. The molecule has 0 aliphatic carbocycles. The fourth-order valence-electron chi connectivity index (χ4n) is 3.68. The lowest BCUT2D eigenvalue weighted by atomic mass is 9.94. The lowest BCUT2D eigenvalue weighted by Crippen LogP contribution is -2.48. The number of amides is 5. The van der Waals surface area contributed by atoms with E-state index in [1.54, 1.807) is 6.92 Å². The highest BCUT2D eigenvalue weighted by Gasteiger charge is 2.48. The van der Waals surface area contributed by atoms with E-state index in [1.807, 2.05) is 18.7 Å². The molecule has 172 valence electrons. The van der Waals surface area contributed by atoms with Crippen molar-refractivity contribution >= 4 is 23.8 Å². The van der Waals surface area contributed by atoms with Gasteiger partial charge in [0.1, 0.15) is 5.54 Å². The monoisotopic (exact) mass is 424 g/mol. The number of urea groups is 1. The number of nitrogens with one attached hydrogen (secondary N) is 2. The third-order valence-electron chi connectivity index (χ3n) is 5.41. The zero-order chi connectivity index (χ0) is 22.6. The van der Waals surface area contributed by atoms with Crippen molar-refractivity contribution < 1.29 is 19.2 Å². The first-order valence-electron chi connectivity index (χ1n) is 11.5. The molecule has 1 aliphatic rings. The smallest absolute Gasteiger partial charge is 0.343 e. The van der Waals surface area contributed by atoms with Gasteiger partial charge in [-0.3, -0.25) is 19.8 Å². The number of hydrazine groups is 1. The van der Waals surface area contributed by atoms with Crippen LogP contribution in [0.3, 0.4) is 0 Å². The van der Waals surface area contributed by atoms with E-state index in [4.69, 9.17) is 0 Å². The molecule has 8 heteroatoms. The maximum absolute atomic E-state index is 12.7. The molecule has 1 unspecified atom stereocenters. The van der Waals surface area contributed by atoms with Crippen LogP contribution in [0.1, 0.15) is 98.3 Å². The van der Waals surface area contributed by atoms with Gasteiger partial charge in [-0.05, 0) is 32.6 Å². The average molecular weight is 425 g/mol. The van der Waals surface area contributed by atoms with Gasteiger partial charge in [-0.2, -0.15) is 5.01 Å². The maximum Gasteiger partial charge on any atom is 0.344 e. The number of hydrogen-bond acceptors (Lipinski definition) is 4. The standard InChI is InChI=1S/C22H40N4O4/c1-5-8-9-10-11-15-22(4)20(29)26(21(30)23-22)24-18(27)13-12-14-19(28)25(16-6-2)17-7-3/h5-17H2,1-4H3,(H,23,30)(H,24,27). The summed E-state index contributed by atoms with van der Waals surface area (Å²) in [6, 6.07) is -0.599. The van der Waals surface area contributed by atoms with Crippen molar-refractivity contribution in [2.45, 2.75) is 104 Å². The van der Waals surface area contributed by atoms with E-state index in [0.717, 1.165) is 63.0 Å². The Morgan fingerprint density at radius 1 is 0.933 bits per heavy atom. The maximum atomic E-state index is 12.7. The van der Waals surface area contributed by atoms with Crippen LogP contribution in [-0.4, -0.2) is 52.3 Å². The molecule has 30 heavy (non-hydrogen) atoms. The molecule has 1 heterocycles. The highest BCUT2D eigenvalue weighted by atomic mass is 16.2. The van der Waals surface area contributed by atoms with Crippen LogP contribution in [0.15, 0.2) is 0 Å². The molecule has 1 rings (SSSR count). The van der Waals surface area contributed by atoms with Crippen LogP contribution in [0.25, 0.3) is 0 Å². The number of rotatable bonds is 15. The van der Waals surface area contributed by atoms with Gasteiger partial charge < -0.3 is 10.2 Å². The van der Waals surface area contributed by atoms with E-state index in [-0.39, 0.29) is 18.7 Å². The molecule has 0 radical (unpaired) electrons. The summed E-state index contributed by atoms with van der Waals surface area (Å²) >= 11 is 0. The molecule has 0 aromatic heterocycles. The lowest BCUT2D eigenvalue weighted by Gasteiger charge is -2.22. The lowest BCUT2D eigenvalue weighted by molar-refractivity contribution is -0.139. The fourth-order valence-corrected chi connectivity index (χ4v) is 3.68. The van der Waals surface area contributed by atoms with Crippen molar-refractivity contribution in [2.24, 2.45) is 0 Å². The summed E-state index contributed by atoms with van der Waals surface area (Å²) in [6.45, 7) is 9.34. The number of hydrogen-bond donors (Lipinski definition) is 2. The summed E-state index contributed by atoms with van der Waals surface area (Å²) in [5.41, 5.74) is 1.43. The fraction of sp³-hybridized carbons (Fsp3) is 0.818. The van der Waals surface area contributed by atoms with Crippen LogP contribution >= 0.6 is 0 Å². The molecule has 1 fully saturated rings. The molecular weight excluding hydrogens is 384 g/mol. The van der Waals surface area contributed by atoms with Crippen molar-refractivity contribution in [3.63, 3.8) is 0 Å². The molecular formula is C22H40N4O4. The van der Waals surface area contributed by atoms with Crippen molar-refractivity contribution in [1.82, 2.24) is 20.7 Å². The minimum absolute atomic E-state index is 0.0390. The molecule has 0 aromatic carbocycles. The number of carbonyl (C=O) groups excluding carboxylic acids is 4. The van der Waals surface area contributed by atoms with Crippen LogP contribution < -0.4 is 10.7 Å². The van der Waals surface area contributed by atoms with Gasteiger partial charge in [0.05, 0.1) is 0 Å². The van der Waals surface area contributed by atoms with E-state index in [2.05, 4.69) is 17.7 Å². The molecule has 1 saturated heterocycles. The van der Waals surface area contributed by atoms with Gasteiger partial charge in [0.15, 0.2) is 0 Å². The SMILES string of the molecule is CCCCCCCC1(C)NC(=O)N(NC(=O)CCCC(=O)N(CCC)CCC)C1=O. The number of imide groups is 1. The van der Waals surface area contributed by atoms with Crippen LogP contribution in [0, 0.1) is 0 Å². The largest absolute Gasteiger partial charge is 0.344 e. The molecule has 0 aromatic rings. The number of unbranched alkanes of at least 4 members (excludes halogenated alkanes) is 4. The third kappa shape index (κ3) is 7.95. The number of carbonyl (C=O) groups is 4. The first kappa shape index (κ1) is 25.9. The zero-order valence-corrected chi connectivity index (χ0v) is 19.2. The van der Waals surface area contributed by atoms with Gasteiger partial charge >= 0.3 is 6.03 Å². The second-order valence-corrected chi connectivity index (χ2v) is 8.34. The molecule has 1 aliphatic heterocycles. The van der Waals surface area contributed by atoms with Crippen molar-refractivity contribution in [1.29, 1.82) is 0 Å². The Morgan fingerprint density at radius 3 is 2.17 bits per heavy atom. The Labute approximate surface area is 181 Å². The van der Waals surface area contributed by atoms with Gasteiger partial charge in [0, 0.05) is 25.9 Å². The normalized spacial score (nSPS) is 18.5. The second kappa shape index (κ2) is 13.2. The topological polar surface area (TPSA) is 98.8 Å². The predicted octanol–water partition coefficient (Wildman–Crippen LogP) is 3.51. The van der Waals surface area contributed by atoms with Gasteiger partial charge in [-0.15, -0.1) is 0 Å². The predicted molar refractivity (Wildman–Crippen MR) is 116 cm³/mol. The Hall–Kier alpha value is -2.12. The van der Waals surface area contributed by atoms with E-state index in [1.165, 1.54) is 0 Å². The Kier molecular flexibility index (Phi) is 11.4. The summed E-state index contributed by atoms with van der Waals surface area (Å²) in [5, 5.41) is 3.49. The van der Waals surface area contributed by atoms with Crippen molar-refractivity contribution in [3.8, 4) is 0 Å². The quantitative estimate of drug-likeness (QED) is 0.310. The number of nitrogens with zero attached hydrogens (tertiary/aromatic N) is 2. The zero-order valence-electron chi connectivity index (χ0n) is 19.2. The van der Waals surface area contributed by atoms with Crippen molar-refractivity contribution in [3.05, 3.63) is 0 Å². The van der Waals surface area contributed by atoms with E-state index < -0.39 is 23.4 Å². The Morgan fingerprint density at radius 2 is 1.57 bits per heavy atom. The van der Waals surface area contributed by atoms with Crippen molar-refractivity contribution in [2.75, 3.05) is 13.1 Å². The summed E-state index contributed by atoms with van der Waals surface area (Å²) in [5.74, 6) is -0.822. The van der Waals surface area contributed by atoms with Crippen LogP contribution in [0.4, 0.5) is 4.79 Å². The van der Waals surface area contributed by atoms with E-state index in [9.17, 15) is 19.2 Å². The van der Waals surface area contributed by atoms with Crippen LogP contribution in [0.5, 0.6) is 0 Å². The summed E-state index contributed by atoms with van der Waals surface area (Å²) < 4.78 is 0. The summed E-state index contributed by atoms with van der Waals surface area (Å²) in [7, 11) is 0. The second-order valence-electron chi connectivity index (χ2n) is 8.34. The first-order chi connectivity index (χ1) is 14.3. The Balaban J connectivity index is 2.44. The van der Waals surface area contributed by atoms with Crippen LogP contribution in [-0.2, 0) is 14.4 Å². The average Bonchev–Trinajstić information content (AvgIpc) is 2.91. The summed E-state index contributed by atoms with van der Waals surface area (Å²) in [4.78, 5) is 51.2. The van der Waals surface area contributed by atoms with Gasteiger partial charge in [0.25, 0.3) is 5.91 Å². The van der Waals surface area contributed by atoms with Gasteiger partial charge in [-0.1, -0.05) is 52.9 Å². The minimum Gasteiger partial charge on any atom is -0.343 e. The molecule has 1 atom stereocenters. The first-order valence-corrected chi connectivity index (χ1v) is 11.5. The highest BCUT2D eigenvalue weighted by Crippen LogP contribution is 2.23. The van der Waals surface area contributed by atoms with Gasteiger partial charge in [0.2, 0.25) is 11.8 Å². The van der Waals surface area contributed by atoms with E-state index in [0.29, 0.717) is 12.8 Å². The molecule has 0 saturated carbocycles. The third-order valence-corrected chi connectivity index (χ3v) is 5.41. The molecule has 2 N–H and O–H groups in total. The minimum atomic E-state index is -0.979. The van der Waals surface area contributed by atoms with Gasteiger partial charge in [-0.25, -0.2) is 4.79 Å². The molecule has 5 amide bonds. The summed E-state index contributed by atoms with van der Waals surface area (Å²) in [6.07, 6.45) is 8.38. The Bertz CT molecular complexity index is 590.